The minimum absolute atomic E-state index is 0.0616. The molecule has 8 heteroatoms. The molecule has 0 fully saturated rings. The zero-order valence-corrected chi connectivity index (χ0v) is 24.3. The number of nitrogens with zero attached hydrogens (tertiary/aromatic N) is 5. The molecule has 212 valence electrons. The quantitative estimate of drug-likeness (QED) is 0.432. The van der Waals surface area contributed by atoms with Gasteiger partial charge in [0.05, 0.1) is 11.3 Å². The van der Waals surface area contributed by atoms with Crippen LogP contribution in [0, 0.1) is 6.92 Å². The minimum atomic E-state index is -0.115. The lowest BCUT2D eigenvalue weighted by Crippen LogP contribution is -2.41. The standard InChI is InChI=1S/C32H41N5O3/c1-23(2)31-33-19-27(20-34-31)32(39)36-18-17-35(24(3)4)15-10-16-37(30-25(5)11-9-12-26(30)21-36)29(38)22-40-28-13-7-6-8-14-28/h6-9,11-14,19-20,23-24H,10,15-18,21-22H2,1-5H3. The van der Waals surface area contributed by atoms with Crippen molar-refractivity contribution in [3.63, 3.8) is 0 Å². The number of amides is 2. The molecule has 0 radical (unpaired) electrons. The predicted octanol–water partition coefficient (Wildman–Crippen LogP) is 5.08. The molecule has 2 amide bonds. The van der Waals surface area contributed by atoms with Crippen molar-refractivity contribution in [3.05, 3.63) is 83.4 Å². The van der Waals surface area contributed by atoms with E-state index >= 15 is 0 Å². The lowest BCUT2D eigenvalue weighted by atomic mass is 10.0. The first-order valence-corrected chi connectivity index (χ1v) is 14.2. The van der Waals surface area contributed by atoms with Crippen molar-refractivity contribution < 1.29 is 14.3 Å². The second-order valence-electron chi connectivity index (χ2n) is 10.9. The molecule has 0 saturated carbocycles. The molecule has 40 heavy (non-hydrogen) atoms. The van der Waals surface area contributed by atoms with E-state index < -0.39 is 0 Å². The van der Waals surface area contributed by atoms with E-state index in [0.717, 1.165) is 36.3 Å². The fourth-order valence-corrected chi connectivity index (χ4v) is 5.03. The molecule has 0 unspecified atom stereocenters. The normalized spacial score (nSPS) is 15.1. The van der Waals surface area contributed by atoms with E-state index in [0.29, 0.717) is 42.8 Å². The van der Waals surface area contributed by atoms with Gasteiger partial charge in [-0.25, -0.2) is 9.97 Å². The second-order valence-corrected chi connectivity index (χ2v) is 10.9. The highest BCUT2D eigenvalue weighted by Crippen LogP contribution is 2.28. The number of rotatable bonds is 6. The van der Waals surface area contributed by atoms with Crippen LogP contribution in [0.15, 0.2) is 60.9 Å². The van der Waals surface area contributed by atoms with E-state index in [1.807, 2.05) is 79.1 Å². The van der Waals surface area contributed by atoms with Gasteiger partial charge in [-0.15, -0.1) is 0 Å². The predicted molar refractivity (Wildman–Crippen MR) is 158 cm³/mol. The average Bonchev–Trinajstić information content (AvgIpc) is 2.99. The Hall–Kier alpha value is -3.78. The first-order valence-electron chi connectivity index (χ1n) is 14.2. The first kappa shape index (κ1) is 29.2. The van der Waals surface area contributed by atoms with Gasteiger partial charge in [0.25, 0.3) is 11.8 Å². The fourth-order valence-electron chi connectivity index (χ4n) is 5.03. The highest BCUT2D eigenvalue weighted by Gasteiger charge is 2.26. The van der Waals surface area contributed by atoms with Gasteiger partial charge < -0.3 is 14.5 Å². The molecule has 1 aromatic heterocycles. The number of carbonyl (C=O) groups is 2. The molecule has 1 aliphatic heterocycles. The Labute approximate surface area is 238 Å². The van der Waals surface area contributed by atoms with Crippen molar-refractivity contribution in [2.45, 2.75) is 59.5 Å². The Morgan fingerprint density at radius 3 is 2.30 bits per heavy atom. The van der Waals surface area contributed by atoms with Crippen LogP contribution in [-0.4, -0.2) is 70.4 Å². The van der Waals surface area contributed by atoms with Gasteiger partial charge in [-0.3, -0.25) is 14.5 Å². The molecule has 8 nitrogen and oxygen atoms in total. The molecule has 0 bridgehead atoms. The van der Waals surface area contributed by atoms with Crippen LogP contribution in [0.5, 0.6) is 5.75 Å². The highest BCUT2D eigenvalue weighted by atomic mass is 16.5. The van der Waals surface area contributed by atoms with E-state index in [1.165, 1.54) is 0 Å². The maximum absolute atomic E-state index is 13.8. The van der Waals surface area contributed by atoms with Crippen molar-refractivity contribution in [2.75, 3.05) is 37.7 Å². The number of aryl methyl sites for hydroxylation is 1. The Morgan fingerprint density at radius 1 is 0.900 bits per heavy atom. The van der Waals surface area contributed by atoms with Gasteiger partial charge in [-0.1, -0.05) is 50.2 Å². The molecule has 0 atom stereocenters. The number of carbonyl (C=O) groups excluding carboxylic acids is 2. The maximum Gasteiger partial charge on any atom is 0.264 e. The third-order valence-corrected chi connectivity index (χ3v) is 7.30. The van der Waals surface area contributed by atoms with Gasteiger partial charge in [0.15, 0.2) is 6.61 Å². The number of para-hydroxylation sites is 2. The van der Waals surface area contributed by atoms with Gasteiger partial charge in [0.2, 0.25) is 0 Å². The van der Waals surface area contributed by atoms with Crippen LogP contribution in [0.2, 0.25) is 0 Å². The van der Waals surface area contributed by atoms with E-state index in [2.05, 4.69) is 28.7 Å². The molecule has 4 rings (SSSR count). The summed E-state index contributed by atoms with van der Waals surface area (Å²) in [7, 11) is 0. The van der Waals surface area contributed by atoms with Crippen molar-refractivity contribution >= 4 is 17.5 Å². The summed E-state index contributed by atoms with van der Waals surface area (Å²) in [6, 6.07) is 15.7. The highest BCUT2D eigenvalue weighted by molar-refractivity contribution is 5.96. The lowest BCUT2D eigenvalue weighted by molar-refractivity contribution is -0.120. The van der Waals surface area contributed by atoms with Gasteiger partial charge in [0.1, 0.15) is 11.6 Å². The summed E-state index contributed by atoms with van der Waals surface area (Å²) < 4.78 is 5.85. The monoisotopic (exact) mass is 543 g/mol. The van der Waals surface area contributed by atoms with Crippen molar-refractivity contribution in [1.29, 1.82) is 0 Å². The Kier molecular flexibility index (Phi) is 9.88. The maximum atomic E-state index is 13.8. The van der Waals surface area contributed by atoms with Crippen molar-refractivity contribution in [1.82, 2.24) is 19.8 Å². The number of hydrogen-bond donors (Lipinski definition) is 0. The molecule has 0 N–H and O–H groups in total. The number of ether oxygens (including phenoxy) is 1. The zero-order chi connectivity index (χ0) is 28.6. The van der Waals surface area contributed by atoms with Crippen LogP contribution in [0.4, 0.5) is 5.69 Å². The van der Waals surface area contributed by atoms with Gasteiger partial charge >= 0.3 is 0 Å². The van der Waals surface area contributed by atoms with E-state index in [1.54, 1.807) is 12.4 Å². The summed E-state index contributed by atoms with van der Waals surface area (Å²) in [5.41, 5.74) is 3.24. The molecule has 0 saturated heterocycles. The van der Waals surface area contributed by atoms with Crippen LogP contribution in [0.1, 0.15) is 67.3 Å². The smallest absolute Gasteiger partial charge is 0.264 e. The SMILES string of the molecule is Cc1cccc2c1N(C(=O)COc1ccccc1)CCCN(C(C)C)CCN(C(=O)c1cnc(C(C)C)nc1)C2. The van der Waals surface area contributed by atoms with Crippen molar-refractivity contribution in [2.24, 2.45) is 0 Å². The largest absolute Gasteiger partial charge is 0.484 e. The Morgan fingerprint density at radius 2 is 1.62 bits per heavy atom. The molecule has 2 heterocycles. The second kappa shape index (κ2) is 13.5. The summed E-state index contributed by atoms with van der Waals surface area (Å²) in [4.78, 5) is 42.4. The molecule has 0 aliphatic carbocycles. The number of benzene rings is 2. The van der Waals surface area contributed by atoms with Gasteiger partial charge in [-0.2, -0.15) is 0 Å². The van der Waals surface area contributed by atoms with Crippen LogP contribution in [0.25, 0.3) is 0 Å². The zero-order valence-electron chi connectivity index (χ0n) is 24.3. The third kappa shape index (κ3) is 7.24. The third-order valence-electron chi connectivity index (χ3n) is 7.30. The first-order chi connectivity index (χ1) is 19.2. The lowest BCUT2D eigenvalue weighted by Gasteiger charge is -2.30. The number of hydrogen-bond acceptors (Lipinski definition) is 6. The van der Waals surface area contributed by atoms with E-state index in [-0.39, 0.29) is 24.3 Å². The molecule has 0 spiro atoms. The van der Waals surface area contributed by atoms with Gasteiger partial charge in [0, 0.05) is 57.1 Å². The minimum Gasteiger partial charge on any atom is -0.484 e. The Bertz CT molecular complexity index is 1280. The van der Waals surface area contributed by atoms with Gasteiger partial charge in [-0.05, 0) is 50.5 Å². The fraction of sp³-hybridized carbons (Fsp3) is 0.438. The number of fused-ring (bicyclic) bond motifs is 1. The van der Waals surface area contributed by atoms with E-state index in [4.69, 9.17) is 4.74 Å². The topological polar surface area (TPSA) is 78.9 Å². The summed E-state index contributed by atoms with van der Waals surface area (Å²) in [5.74, 6) is 1.34. The summed E-state index contributed by atoms with van der Waals surface area (Å²) in [6.07, 6.45) is 4.06. The molecule has 2 aromatic carbocycles. The van der Waals surface area contributed by atoms with Crippen molar-refractivity contribution in [3.8, 4) is 5.75 Å². The average molecular weight is 544 g/mol. The Balaban J connectivity index is 1.67. The van der Waals surface area contributed by atoms with E-state index in [9.17, 15) is 9.59 Å². The molecule has 3 aromatic rings. The summed E-state index contributed by atoms with van der Waals surface area (Å²) in [5, 5.41) is 0. The summed E-state index contributed by atoms with van der Waals surface area (Å²) in [6.45, 7) is 13.4. The van der Waals surface area contributed by atoms with Crippen LogP contribution in [0.3, 0.4) is 0 Å². The molecule has 1 aliphatic rings. The number of aromatic nitrogens is 2. The van der Waals surface area contributed by atoms with Crippen LogP contribution < -0.4 is 9.64 Å². The van der Waals surface area contributed by atoms with Crippen LogP contribution in [-0.2, 0) is 11.3 Å². The molecular weight excluding hydrogens is 502 g/mol. The molecular formula is C32H41N5O3. The van der Waals surface area contributed by atoms with Crippen LogP contribution >= 0.6 is 0 Å². The number of anilines is 1. The summed E-state index contributed by atoms with van der Waals surface area (Å²) >= 11 is 0.